The highest BCUT2D eigenvalue weighted by Crippen LogP contribution is 2.33. The normalized spacial score (nSPS) is 21.4. The molecule has 2 aliphatic rings. The lowest BCUT2D eigenvalue weighted by Crippen LogP contribution is -2.11. The molecule has 0 unspecified atom stereocenters. The van der Waals surface area contributed by atoms with Crippen LogP contribution in [0.25, 0.3) is 0 Å². The Morgan fingerprint density at radius 1 is 0.760 bits per heavy atom. The van der Waals surface area contributed by atoms with Gasteiger partial charge in [0.15, 0.2) is 0 Å². The molecule has 0 radical (unpaired) electrons. The van der Waals surface area contributed by atoms with Crippen LogP contribution in [0, 0.1) is 0 Å². The van der Waals surface area contributed by atoms with Crippen molar-refractivity contribution in [3.63, 3.8) is 0 Å². The van der Waals surface area contributed by atoms with Gasteiger partial charge >= 0.3 is 0 Å². The fraction of sp³-hybridized carbons (Fsp3) is 0.727. The van der Waals surface area contributed by atoms with Crippen LogP contribution in [0.2, 0.25) is 0 Å². The van der Waals surface area contributed by atoms with Crippen LogP contribution in [0.4, 0.5) is 0 Å². The zero-order chi connectivity index (χ0) is 18.8. The minimum Gasteiger partial charge on any atom is -0.381 e. The Bertz CT molecular complexity index is 581. The Hall–Kier alpha value is -1.22. The molecule has 0 saturated carbocycles. The molecule has 0 fully saturated rings. The summed E-state index contributed by atoms with van der Waals surface area (Å²) in [6.07, 6.45) is 3.94. The number of ether oxygens (including phenoxy) is 1. The number of hydrogen-bond donors (Lipinski definition) is 0. The summed E-state index contributed by atoms with van der Waals surface area (Å²) >= 11 is 0. The summed E-state index contributed by atoms with van der Waals surface area (Å²) in [5.74, 6) is 0. The van der Waals surface area contributed by atoms with Crippen LogP contribution in [-0.4, -0.2) is 35.7 Å². The van der Waals surface area contributed by atoms with Gasteiger partial charge in [-0.3, -0.25) is 9.98 Å². The van der Waals surface area contributed by atoms with Crippen molar-refractivity contribution in [3.05, 3.63) is 22.3 Å². The topological polar surface area (TPSA) is 34.0 Å². The monoisotopic (exact) mass is 344 g/mol. The largest absolute Gasteiger partial charge is 0.381 e. The molecule has 25 heavy (non-hydrogen) atoms. The molecular formula is C22H36N2O. The smallest absolute Gasteiger partial charge is 0.0596 e. The van der Waals surface area contributed by atoms with Crippen LogP contribution in [0.5, 0.6) is 0 Å². The third-order valence-corrected chi connectivity index (χ3v) is 4.96. The molecule has 3 heteroatoms. The SMILES string of the molecule is CC(C)=C1CC(C)(C)N=C1CCOCCC1=NC(C)(C)CC1=C(C)C. The highest BCUT2D eigenvalue weighted by Gasteiger charge is 2.30. The second kappa shape index (κ2) is 7.57. The molecule has 2 heterocycles. The summed E-state index contributed by atoms with van der Waals surface area (Å²) in [5, 5.41) is 0. The fourth-order valence-electron chi connectivity index (χ4n) is 3.80. The first-order chi connectivity index (χ1) is 11.5. The Morgan fingerprint density at radius 3 is 1.44 bits per heavy atom. The van der Waals surface area contributed by atoms with E-state index in [1.165, 1.54) is 33.7 Å². The molecule has 0 bridgehead atoms. The molecule has 0 amide bonds. The second-order valence-electron chi connectivity index (χ2n) is 9.16. The lowest BCUT2D eigenvalue weighted by atomic mass is 9.94. The highest BCUT2D eigenvalue weighted by atomic mass is 16.5. The summed E-state index contributed by atoms with van der Waals surface area (Å²) < 4.78 is 5.94. The second-order valence-corrected chi connectivity index (χ2v) is 9.16. The molecule has 0 aliphatic carbocycles. The van der Waals surface area contributed by atoms with E-state index in [0.717, 1.165) is 38.9 Å². The maximum absolute atomic E-state index is 5.94. The van der Waals surface area contributed by atoms with E-state index < -0.39 is 0 Å². The van der Waals surface area contributed by atoms with Crippen LogP contribution < -0.4 is 0 Å². The number of allylic oxidation sites excluding steroid dienone is 2. The zero-order valence-electron chi connectivity index (χ0n) is 17.5. The van der Waals surface area contributed by atoms with Crippen molar-refractivity contribution >= 4 is 11.4 Å². The summed E-state index contributed by atoms with van der Waals surface area (Å²) in [6, 6.07) is 0. The van der Waals surface area contributed by atoms with Crippen LogP contribution in [-0.2, 0) is 4.74 Å². The summed E-state index contributed by atoms with van der Waals surface area (Å²) in [7, 11) is 0. The first-order valence-electron chi connectivity index (χ1n) is 9.59. The molecule has 0 aromatic heterocycles. The Labute approximate surface area is 154 Å². The first-order valence-corrected chi connectivity index (χ1v) is 9.59. The number of rotatable bonds is 6. The van der Waals surface area contributed by atoms with Crippen molar-refractivity contribution in [2.45, 2.75) is 92.2 Å². The summed E-state index contributed by atoms with van der Waals surface area (Å²) in [5.41, 5.74) is 8.23. The molecule has 0 N–H and O–H groups in total. The Morgan fingerprint density at radius 2 is 1.12 bits per heavy atom. The van der Waals surface area contributed by atoms with E-state index in [0.29, 0.717) is 0 Å². The van der Waals surface area contributed by atoms with Gasteiger partial charge in [-0.25, -0.2) is 0 Å². The molecule has 3 nitrogen and oxygen atoms in total. The van der Waals surface area contributed by atoms with Gasteiger partial charge in [0.25, 0.3) is 0 Å². The Balaban J connectivity index is 1.84. The van der Waals surface area contributed by atoms with Gasteiger partial charge in [0.05, 0.1) is 24.3 Å². The lowest BCUT2D eigenvalue weighted by molar-refractivity contribution is 0.148. The van der Waals surface area contributed by atoms with Gasteiger partial charge in [-0.05, 0) is 79.4 Å². The van der Waals surface area contributed by atoms with Gasteiger partial charge in [-0.2, -0.15) is 0 Å². The Kier molecular flexibility index (Phi) is 6.09. The molecule has 0 atom stereocenters. The minimum absolute atomic E-state index is 0.0461. The third-order valence-electron chi connectivity index (χ3n) is 4.96. The van der Waals surface area contributed by atoms with Crippen molar-refractivity contribution in [2.24, 2.45) is 9.98 Å². The van der Waals surface area contributed by atoms with Gasteiger partial charge in [0.1, 0.15) is 0 Å². The lowest BCUT2D eigenvalue weighted by Gasteiger charge is -2.12. The van der Waals surface area contributed by atoms with Crippen LogP contribution >= 0.6 is 0 Å². The van der Waals surface area contributed by atoms with Crippen molar-refractivity contribution in [1.82, 2.24) is 0 Å². The predicted molar refractivity (Wildman–Crippen MR) is 109 cm³/mol. The standard InChI is InChI=1S/C22H36N2O/c1-15(2)17-13-21(5,6)23-19(17)9-11-25-12-10-20-18(16(3)4)14-22(7,8)24-20/h9-14H2,1-8H3. The number of aliphatic imine (C=N–C) groups is 2. The maximum Gasteiger partial charge on any atom is 0.0596 e. The van der Waals surface area contributed by atoms with Gasteiger partial charge in [-0.1, -0.05) is 11.1 Å². The molecule has 0 saturated heterocycles. The summed E-state index contributed by atoms with van der Waals surface area (Å²) in [4.78, 5) is 9.80. The van der Waals surface area contributed by atoms with Gasteiger partial charge in [0, 0.05) is 24.3 Å². The van der Waals surface area contributed by atoms with Gasteiger partial charge < -0.3 is 4.74 Å². The first kappa shape index (κ1) is 20.1. The molecular weight excluding hydrogens is 308 g/mol. The molecule has 140 valence electrons. The van der Waals surface area contributed by atoms with E-state index in [9.17, 15) is 0 Å². The number of nitrogens with zero attached hydrogens (tertiary/aromatic N) is 2. The third kappa shape index (κ3) is 5.37. The van der Waals surface area contributed by atoms with Crippen molar-refractivity contribution in [3.8, 4) is 0 Å². The van der Waals surface area contributed by atoms with Crippen LogP contribution in [0.1, 0.15) is 81.1 Å². The molecule has 2 aliphatic heterocycles. The van der Waals surface area contributed by atoms with E-state index in [2.05, 4.69) is 55.4 Å². The quantitative estimate of drug-likeness (QED) is 0.569. The van der Waals surface area contributed by atoms with Crippen LogP contribution in [0.3, 0.4) is 0 Å². The summed E-state index contributed by atoms with van der Waals surface area (Å²) in [6.45, 7) is 19.1. The molecule has 0 spiro atoms. The van der Waals surface area contributed by atoms with Crippen LogP contribution in [0.15, 0.2) is 32.3 Å². The zero-order valence-corrected chi connectivity index (χ0v) is 17.5. The van der Waals surface area contributed by atoms with E-state index in [1.807, 2.05) is 0 Å². The van der Waals surface area contributed by atoms with Crippen molar-refractivity contribution < 1.29 is 4.74 Å². The van der Waals surface area contributed by atoms with Gasteiger partial charge in [0.2, 0.25) is 0 Å². The van der Waals surface area contributed by atoms with E-state index in [-0.39, 0.29) is 11.1 Å². The van der Waals surface area contributed by atoms with E-state index >= 15 is 0 Å². The van der Waals surface area contributed by atoms with Gasteiger partial charge in [-0.15, -0.1) is 0 Å². The number of hydrogen-bond acceptors (Lipinski definition) is 3. The molecule has 0 aromatic rings. The van der Waals surface area contributed by atoms with E-state index in [1.54, 1.807) is 0 Å². The maximum atomic E-state index is 5.94. The average molecular weight is 345 g/mol. The highest BCUT2D eigenvalue weighted by molar-refractivity contribution is 6.03. The fourth-order valence-corrected chi connectivity index (χ4v) is 3.80. The van der Waals surface area contributed by atoms with Crippen molar-refractivity contribution in [1.29, 1.82) is 0 Å². The predicted octanol–water partition coefficient (Wildman–Crippen LogP) is 5.70. The molecule has 0 aromatic carbocycles. The van der Waals surface area contributed by atoms with E-state index in [4.69, 9.17) is 14.7 Å². The average Bonchev–Trinajstić information content (AvgIpc) is 2.94. The molecule has 2 rings (SSSR count). The van der Waals surface area contributed by atoms with Crippen molar-refractivity contribution in [2.75, 3.05) is 13.2 Å². The minimum atomic E-state index is 0.0461.